The molecule has 26 heavy (non-hydrogen) atoms. The topological polar surface area (TPSA) is 35.5 Å². The largest absolute Gasteiger partial charge is 0.488 e. The highest BCUT2D eigenvalue weighted by Gasteiger charge is 2.27. The molecule has 0 radical (unpaired) electrons. The van der Waals surface area contributed by atoms with Crippen molar-refractivity contribution in [1.82, 2.24) is 0 Å². The van der Waals surface area contributed by atoms with Crippen LogP contribution in [0.4, 0.5) is 0 Å². The molecule has 0 aromatic heterocycles. The number of esters is 1. The van der Waals surface area contributed by atoms with Crippen LogP contribution in [0.25, 0.3) is 0 Å². The molecule has 1 fully saturated rings. The van der Waals surface area contributed by atoms with Crippen molar-refractivity contribution in [3.05, 3.63) is 56.2 Å². The normalized spacial score (nSPS) is 13.5. The van der Waals surface area contributed by atoms with E-state index in [9.17, 15) is 4.79 Å². The summed E-state index contributed by atoms with van der Waals surface area (Å²) in [5.74, 6) is 1.96. The van der Waals surface area contributed by atoms with Gasteiger partial charge in [-0.1, -0.05) is 26.0 Å². The average molecular weight is 464 g/mol. The summed E-state index contributed by atoms with van der Waals surface area (Å²) in [4.78, 5) is 11.7. The van der Waals surface area contributed by atoms with Crippen molar-refractivity contribution < 1.29 is 14.3 Å². The van der Waals surface area contributed by atoms with Gasteiger partial charge in [-0.2, -0.15) is 0 Å². The highest BCUT2D eigenvalue weighted by Crippen LogP contribution is 2.45. The standard InChI is InChI=1S/C22H25IO3/c1-4-15-12-17(16-9-10-16)21(11-14(15)3)25-13-18-19(23)7-6-8-20(18)26-22(24)5-2/h6-8,11-12,16H,4-5,9-10,13H2,1-3H3. The minimum absolute atomic E-state index is 0.227. The van der Waals surface area contributed by atoms with Crippen LogP contribution in [-0.4, -0.2) is 5.97 Å². The molecule has 0 amide bonds. The Morgan fingerprint density at radius 3 is 2.62 bits per heavy atom. The van der Waals surface area contributed by atoms with Crippen molar-refractivity contribution in [3.8, 4) is 11.5 Å². The van der Waals surface area contributed by atoms with E-state index >= 15 is 0 Å². The van der Waals surface area contributed by atoms with E-state index in [1.165, 1.54) is 29.5 Å². The van der Waals surface area contributed by atoms with Gasteiger partial charge in [0.25, 0.3) is 0 Å². The van der Waals surface area contributed by atoms with E-state index in [-0.39, 0.29) is 5.97 Å². The van der Waals surface area contributed by atoms with Gasteiger partial charge in [0.15, 0.2) is 0 Å². The number of carbonyl (C=O) groups is 1. The molecule has 1 aliphatic carbocycles. The monoisotopic (exact) mass is 464 g/mol. The Labute approximate surface area is 169 Å². The molecule has 0 saturated heterocycles. The molecule has 2 aromatic carbocycles. The Kier molecular flexibility index (Phi) is 6.22. The highest BCUT2D eigenvalue weighted by molar-refractivity contribution is 14.1. The van der Waals surface area contributed by atoms with E-state index in [2.05, 4.69) is 48.6 Å². The van der Waals surface area contributed by atoms with Gasteiger partial charge >= 0.3 is 5.97 Å². The minimum atomic E-state index is -0.227. The molecular formula is C22H25IO3. The van der Waals surface area contributed by atoms with Crippen LogP contribution >= 0.6 is 22.6 Å². The van der Waals surface area contributed by atoms with Gasteiger partial charge in [-0.3, -0.25) is 4.79 Å². The minimum Gasteiger partial charge on any atom is -0.488 e. The molecule has 0 atom stereocenters. The van der Waals surface area contributed by atoms with Crippen LogP contribution in [0.1, 0.15) is 61.3 Å². The molecule has 3 nitrogen and oxygen atoms in total. The first-order chi connectivity index (χ1) is 12.5. The van der Waals surface area contributed by atoms with E-state index in [1.807, 2.05) is 18.2 Å². The Hall–Kier alpha value is -1.56. The highest BCUT2D eigenvalue weighted by atomic mass is 127. The van der Waals surface area contributed by atoms with Crippen molar-refractivity contribution in [2.45, 2.75) is 59.0 Å². The quantitative estimate of drug-likeness (QED) is 0.289. The van der Waals surface area contributed by atoms with Crippen molar-refractivity contribution in [2.75, 3.05) is 0 Å². The lowest BCUT2D eigenvalue weighted by Crippen LogP contribution is -2.10. The number of hydrogen-bond donors (Lipinski definition) is 0. The number of aryl methyl sites for hydroxylation is 2. The van der Waals surface area contributed by atoms with E-state index in [0.717, 1.165) is 21.3 Å². The molecule has 4 heteroatoms. The molecule has 1 saturated carbocycles. The number of carbonyl (C=O) groups excluding carboxylic acids is 1. The summed E-state index contributed by atoms with van der Waals surface area (Å²) in [6, 6.07) is 10.2. The Balaban J connectivity index is 1.85. The molecule has 3 rings (SSSR count). The average Bonchev–Trinajstić information content (AvgIpc) is 3.46. The summed E-state index contributed by atoms with van der Waals surface area (Å²) < 4.78 is 12.8. The summed E-state index contributed by atoms with van der Waals surface area (Å²) in [6.45, 7) is 6.53. The second kappa shape index (κ2) is 8.42. The van der Waals surface area contributed by atoms with Gasteiger partial charge in [0.05, 0.1) is 0 Å². The van der Waals surface area contributed by atoms with E-state index in [0.29, 0.717) is 24.7 Å². The fourth-order valence-electron chi connectivity index (χ4n) is 3.08. The van der Waals surface area contributed by atoms with Crippen molar-refractivity contribution in [2.24, 2.45) is 0 Å². The zero-order valence-electron chi connectivity index (χ0n) is 15.6. The molecule has 0 spiro atoms. The fourth-order valence-corrected chi connectivity index (χ4v) is 3.71. The summed E-state index contributed by atoms with van der Waals surface area (Å²) >= 11 is 2.27. The first kappa shape index (κ1) is 19.2. The van der Waals surface area contributed by atoms with Crippen LogP contribution in [0.2, 0.25) is 0 Å². The number of rotatable bonds is 7. The number of benzene rings is 2. The summed E-state index contributed by atoms with van der Waals surface area (Å²) in [7, 11) is 0. The predicted molar refractivity (Wildman–Crippen MR) is 112 cm³/mol. The van der Waals surface area contributed by atoms with Crippen LogP contribution in [0.5, 0.6) is 11.5 Å². The third kappa shape index (κ3) is 4.40. The Bertz CT molecular complexity index is 809. The first-order valence-electron chi connectivity index (χ1n) is 9.27. The van der Waals surface area contributed by atoms with Crippen molar-refractivity contribution in [3.63, 3.8) is 0 Å². The van der Waals surface area contributed by atoms with Crippen LogP contribution in [-0.2, 0) is 17.8 Å². The summed E-state index contributed by atoms with van der Waals surface area (Å²) in [6.07, 6.45) is 3.88. The van der Waals surface area contributed by atoms with E-state index in [4.69, 9.17) is 9.47 Å². The number of hydrogen-bond acceptors (Lipinski definition) is 3. The van der Waals surface area contributed by atoms with Gasteiger partial charge in [-0.25, -0.2) is 0 Å². The van der Waals surface area contributed by atoms with Gasteiger partial charge < -0.3 is 9.47 Å². The molecule has 2 aromatic rings. The van der Waals surface area contributed by atoms with Gasteiger partial charge in [0.1, 0.15) is 18.1 Å². The van der Waals surface area contributed by atoms with Crippen molar-refractivity contribution in [1.29, 1.82) is 0 Å². The predicted octanol–water partition coefficient (Wildman–Crippen LogP) is 5.93. The maximum Gasteiger partial charge on any atom is 0.310 e. The second-order valence-electron chi connectivity index (χ2n) is 6.78. The van der Waals surface area contributed by atoms with Gasteiger partial charge in [0.2, 0.25) is 0 Å². The summed E-state index contributed by atoms with van der Waals surface area (Å²) in [5.41, 5.74) is 4.91. The van der Waals surface area contributed by atoms with Crippen LogP contribution in [0, 0.1) is 10.5 Å². The SMILES string of the molecule is CCC(=O)Oc1cccc(I)c1COc1cc(C)c(CC)cc1C1CC1. The van der Waals surface area contributed by atoms with Crippen LogP contribution in [0.15, 0.2) is 30.3 Å². The van der Waals surface area contributed by atoms with Crippen LogP contribution in [0.3, 0.4) is 0 Å². The van der Waals surface area contributed by atoms with E-state index in [1.54, 1.807) is 6.92 Å². The zero-order valence-corrected chi connectivity index (χ0v) is 17.8. The first-order valence-corrected chi connectivity index (χ1v) is 10.4. The third-order valence-electron chi connectivity index (χ3n) is 4.83. The maximum absolute atomic E-state index is 11.7. The van der Waals surface area contributed by atoms with E-state index < -0.39 is 0 Å². The molecule has 0 N–H and O–H groups in total. The third-order valence-corrected chi connectivity index (χ3v) is 5.84. The van der Waals surface area contributed by atoms with Crippen LogP contribution < -0.4 is 9.47 Å². The Morgan fingerprint density at radius 2 is 1.96 bits per heavy atom. The Morgan fingerprint density at radius 1 is 1.19 bits per heavy atom. The summed E-state index contributed by atoms with van der Waals surface area (Å²) in [5, 5.41) is 0. The van der Waals surface area contributed by atoms with Crippen molar-refractivity contribution >= 4 is 28.6 Å². The second-order valence-corrected chi connectivity index (χ2v) is 7.94. The van der Waals surface area contributed by atoms with Gasteiger partial charge in [-0.15, -0.1) is 0 Å². The molecule has 1 aliphatic rings. The molecule has 0 aliphatic heterocycles. The molecule has 138 valence electrons. The van der Waals surface area contributed by atoms with Gasteiger partial charge in [-0.05, 0) is 89.6 Å². The lowest BCUT2D eigenvalue weighted by atomic mass is 9.99. The lowest BCUT2D eigenvalue weighted by Gasteiger charge is -2.17. The lowest BCUT2D eigenvalue weighted by molar-refractivity contribution is -0.134. The molecule has 0 unspecified atom stereocenters. The smallest absolute Gasteiger partial charge is 0.310 e. The zero-order chi connectivity index (χ0) is 18.7. The fraction of sp³-hybridized carbons (Fsp3) is 0.409. The number of ether oxygens (including phenoxy) is 2. The molecule has 0 bridgehead atoms. The molecule has 0 heterocycles. The molecular weight excluding hydrogens is 439 g/mol. The number of halogens is 1. The maximum atomic E-state index is 11.7. The van der Waals surface area contributed by atoms with Gasteiger partial charge in [0, 0.05) is 15.6 Å².